The molecule has 0 aliphatic heterocycles. The number of carbonyl (C=O) groups excluding carboxylic acids is 2. The van der Waals surface area contributed by atoms with Gasteiger partial charge in [0, 0.05) is 16.7 Å². The number of nitrogens with one attached hydrogen (secondary N) is 1. The summed E-state index contributed by atoms with van der Waals surface area (Å²) in [7, 11) is 2.36. The SMILES string of the molecule is CCCCCCCCCCCC[N+](C)(CCCCCCCCCCCC)CCNC(=O)[C@@]1(O)[C@H](C)C[C@H]2[C@@H]3CCC4=CC(=O)C=C[C@]4(C)[C@@]3(F)[C@@H](O)C[C@@]21C.[Cl-]. The normalized spacial score (nSPS) is 32.3. The molecule has 8 heteroatoms. The van der Waals surface area contributed by atoms with Crippen LogP contribution in [0.15, 0.2) is 23.8 Å². The van der Waals surface area contributed by atoms with Crippen molar-refractivity contribution in [3.63, 3.8) is 0 Å². The van der Waals surface area contributed by atoms with Crippen molar-refractivity contribution in [1.82, 2.24) is 5.32 Å². The highest BCUT2D eigenvalue weighted by Gasteiger charge is 2.75. The van der Waals surface area contributed by atoms with E-state index in [9.17, 15) is 19.8 Å². The fourth-order valence-corrected chi connectivity index (χ4v) is 11.9. The number of ketones is 1. The molecule has 0 saturated heterocycles. The van der Waals surface area contributed by atoms with E-state index in [0.29, 0.717) is 25.8 Å². The van der Waals surface area contributed by atoms with Crippen LogP contribution >= 0.6 is 0 Å². The summed E-state index contributed by atoms with van der Waals surface area (Å²) in [4.78, 5) is 26.5. The third kappa shape index (κ3) is 10.9. The predicted molar refractivity (Wildman–Crippen MR) is 225 cm³/mol. The highest BCUT2D eigenvalue weighted by molar-refractivity contribution is 6.01. The molecular formula is C48H84ClFN2O4. The van der Waals surface area contributed by atoms with E-state index in [1.165, 1.54) is 134 Å². The zero-order valence-corrected chi connectivity index (χ0v) is 37.5. The Morgan fingerprint density at radius 3 is 1.80 bits per heavy atom. The van der Waals surface area contributed by atoms with Crippen LogP contribution in [0.4, 0.5) is 4.39 Å². The van der Waals surface area contributed by atoms with Gasteiger partial charge >= 0.3 is 0 Å². The highest BCUT2D eigenvalue weighted by atomic mass is 35.5. The molecular weight excluding hydrogens is 723 g/mol. The molecule has 6 nitrogen and oxygen atoms in total. The molecule has 0 unspecified atom stereocenters. The average molecular weight is 808 g/mol. The number of aliphatic hydroxyl groups excluding tert-OH is 1. The monoisotopic (exact) mass is 807 g/mol. The standard InChI is InChI=1S/C48H83FN2O4.ClH/c1-7-9-11-13-15-17-19-21-23-25-32-51(6,33-26-24-22-20-18-16-14-12-10-8-2)34-31-50-44(54)48(55)38(3)35-42-41-28-27-39-36-40(52)29-30-45(39,4)47(41,49)43(53)37-46(42,48)5;/h29-30,36,38,41-43,53,55H,7-28,31-35,37H2,1-6H3;1H/t38-,41+,42+,43+,45+,46+,47+,48+;/m1./s1. The maximum atomic E-state index is 17.6. The van der Waals surface area contributed by atoms with Gasteiger partial charge in [-0.1, -0.05) is 142 Å². The van der Waals surface area contributed by atoms with Gasteiger partial charge in [-0.2, -0.15) is 0 Å². The molecule has 3 fully saturated rings. The quantitative estimate of drug-likeness (QED) is 0.0617. The molecule has 0 aromatic carbocycles. The molecule has 56 heavy (non-hydrogen) atoms. The lowest BCUT2D eigenvalue weighted by molar-refractivity contribution is -0.908. The molecule has 4 rings (SSSR count). The Balaban J connectivity index is 0.00000841. The van der Waals surface area contributed by atoms with Gasteiger partial charge in [-0.25, -0.2) is 4.39 Å². The van der Waals surface area contributed by atoms with Gasteiger partial charge in [-0.3, -0.25) is 9.59 Å². The summed E-state index contributed by atoms with van der Waals surface area (Å²) in [6, 6.07) is 0. The zero-order chi connectivity index (χ0) is 40.2. The van der Waals surface area contributed by atoms with E-state index in [-0.39, 0.29) is 42.4 Å². The Hall–Kier alpha value is -1.28. The Kier molecular flexibility index (Phi) is 19.6. The van der Waals surface area contributed by atoms with Crippen molar-refractivity contribution in [3.05, 3.63) is 23.8 Å². The molecule has 3 N–H and O–H groups in total. The van der Waals surface area contributed by atoms with Crippen LogP contribution in [-0.2, 0) is 9.59 Å². The summed E-state index contributed by atoms with van der Waals surface area (Å²) in [5.41, 5.74) is -4.97. The van der Waals surface area contributed by atoms with E-state index in [1.807, 2.05) is 20.8 Å². The Morgan fingerprint density at radius 1 is 0.821 bits per heavy atom. The second-order valence-corrected chi connectivity index (χ2v) is 19.6. The van der Waals surface area contributed by atoms with Gasteiger partial charge in [-0.05, 0) is 82.3 Å². The second kappa shape index (κ2) is 22.4. The number of quaternary nitrogens is 1. The average Bonchev–Trinajstić information content (AvgIpc) is 3.35. The maximum Gasteiger partial charge on any atom is 0.253 e. The van der Waals surface area contributed by atoms with E-state index < -0.39 is 34.1 Å². The topological polar surface area (TPSA) is 86.6 Å². The summed E-state index contributed by atoms with van der Waals surface area (Å²) in [6.07, 6.45) is 31.3. The number of nitrogens with zero attached hydrogens (tertiary/aromatic N) is 1. The molecule has 0 aromatic heterocycles. The van der Waals surface area contributed by atoms with E-state index in [1.54, 1.807) is 12.2 Å². The first kappa shape index (κ1) is 49.1. The molecule has 0 radical (unpaired) electrons. The smallest absolute Gasteiger partial charge is 0.253 e. The number of hydrogen-bond donors (Lipinski definition) is 3. The van der Waals surface area contributed by atoms with Crippen molar-refractivity contribution in [3.8, 4) is 0 Å². The summed E-state index contributed by atoms with van der Waals surface area (Å²) in [6.45, 7) is 13.7. The number of halogens is 2. The minimum absolute atomic E-state index is 0. The highest BCUT2D eigenvalue weighted by Crippen LogP contribution is 2.70. The van der Waals surface area contributed by atoms with E-state index >= 15 is 4.39 Å². The molecule has 4 aliphatic carbocycles. The van der Waals surface area contributed by atoms with E-state index in [4.69, 9.17) is 0 Å². The maximum absolute atomic E-state index is 17.6. The fourth-order valence-electron chi connectivity index (χ4n) is 11.9. The van der Waals surface area contributed by atoms with Crippen LogP contribution in [0.25, 0.3) is 0 Å². The number of amides is 1. The summed E-state index contributed by atoms with van der Waals surface area (Å²) in [5, 5.41) is 27.5. The molecule has 3 saturated carbocycles. The van der Waals surface area contributed by atoms with Crippen LogP contribution in [0.5, 0.6) is 0 Å². The van der Waals surface area contributed by atoms with Crippen LogP contribution in [0.1, 0.15) is 189 Å². The van der Waals surface area contributed by atoms with Crippen LogP contribution in [0.3, 0.4) is 0 Å². The number of fused-ring (bicyclic) bond motifs is 5. The van der Waals surface area contributed by atoms with Crippen molar-refractivity contribution in [2.45, 2.75) is 206 Å². The lowest BCUT2D eigenvalue weighted by atomic mass is 9.44. The Labute approximate surface area is 348 Å². The fraction of sp³-hybridized carbons (Fsp3) is 0.875. The number of allylic oxidation sites excluding steroid dienone is 4. The molecule has 4 aliphatic rings. The van der Waals surface area contributed by atoms with Gasteiger partial charge in [0.1, 0.15) is 0 Å². The first-order valence-electron chi connectivity index (χ1n) is 23.4. The third-order valence-electron chi connectivity index (χ3n) is 15.6. The van der Waals surface area contributed by atoms with Gasteiger partial charge in [0.25, 0.3) is 5.91 Å². The number of unbranched alkanes of at least 4 members (excludes halogenated alkanes) is 18. The third-order valence-corrected chi connectivity index (χ3v) is 15.6. The van der Waals surface area contributed by atoms with Crippen LogP contribution in [0, 0.1) is 28.6 Å². The van der Waals surface area contributed by atoms with Crippen molar-refractivity contribution >= 4 is 11.7 Å². The molecule has 324 valence electrons. The number of aliphatic hydroxyl groups is 2. The molecule has 1 amide bonds. The van der Waals surface area contributed by atoms with Crippen LogP contribution < -0.4 is 17.7 Å². The summed E-state index contributed by atoms with van der Waals surface area (Å²) >= 11 is 0. The molecule has 8 atom stereocenters. The molecule has 0 aromatic rings. The zero-order valence-electron chi connectivity index (χ0n) is 36.8. The van der Waals surface area contributed by atoms with Gasteiger partial charge in [-0.15, -0.1) is 0 Å². The first-order chi connectivity index (χ1) is 26.2. The van der Waals surface area contributed by atoms with Crippen molar-refractivity contribution in [2.75, 3.05) is 33.2 Å². The van der Waals surface area contributed by atoms with Crippen LogP contribution in [0.2, 0.25) is 0 Å². The minimum Gasteiger partial charge on any atom is -1.00 e. The number of carbonyl (C=O) groups is 2. The number of hydrogen-bond acceptors (Lipinski definition) is 4. The largest absolute Gasteiger partial charge is 1.00 e. The number of likely N-dealkylation sites (N-methyl/N-ethyl adjacent to an activating group) is 1. The lowest BCUT2D eigenvalue weighted by Crippen LogP contribution is -3.00. The number of alkyl halides is 1. The van der Waals surface area contributed by atoms with E-state index in [2.05, 4.69) is 26.2 Å². The molecule has 0 spiro atoms. The van der Waals surface area contributed by atoms with Gasteiger partial charge in [0.15, 0.2) is 17.1 Å². The molecule has 0 bridgehead atoms. The summed E-state index contributed by atoms with van der Waals surface area (Å²) < 4.78 is 18.6. The second-order valence-electron chi connectivity index (χ2n) is 19.6. The van der Waals surface area contributed by atoms with Gasteiger partial charge < -0.3 is 32.4 Å². The number of rotatable bonds is 26. The summed E-state index contributed by atoms with van der Waals surface area (Å²) in [5.74, 6) is -1.65. The predicted octanol–water partition coefficient (Wildman–Crippen LogP) is 7.74. The molecule has 0 heterocycles. The first-order valence-corrected chi connectivity index (χ1v) is 23.4. The van der Waals surface area contributed by atoms with E-state index in [0.717, 1.165) is 29.7 Å². The minimum atomic E-state index is -1.97. The van der Waals surface area contributed by atoms with Crippen molar-refractivity contribution in [2.24, 2.45) is 28.6 Å². The Morgan fingerprint density at radius 2 is 1.30 bits per heavy atom. The van der Waals surface area contributed by atoms with Gasteiger partial charge in [0.2, 0.25) is 0 Å². The Bertz CT molecular complexity index is 1270. The van der Waals surface area contributed by atoms with Crippen molar-refractivity contribution in [1.29, 1.82) is 0 Å². The van der Waals surface area contributed by atoms with Crippen molar-refractivity contribution < 1.29 is 41.1 Å². The lowest BCUT2D eigenvalue weighted by Gasteiger charge is -2.62. The van der Waals surface area contributed by atoms with Crippen LogP contribution in [-0.4, -0.2) is 77.0 Å². The van der Waals surface area contributed by atoms with Gasteiger partial charge in [0.05, 0.1) is 39.3 Å².